The lowest BCUT2D eigenvalue weighted by Crippen LogP contribution is -2.53. The van der Waals surface area contributed by atoms with Crippen molar-refractivity contribution < 1.29 is 19.1 Å². The zero-order valence-electron chi connectivity index (χ0n) is 18.1. The van der Waals surface area contributed by atoms with Crippen LogP contribution in [0.1, 0.15) is 36.5 Å². The van der Waals surface area contributed by atoms with Crippen molar-refractivity contribution in [1.82, 2.24) is 14.7 Å². The van der Waals surface area contributed by atoms with Crippen molar-refractivity contribution in [2.24, 2.45) is 5.41 Å². The third-order valence-electron chi connectivity index (χ3n) is 7.16. The molecule has 2 amide bonds. The summed E-state index contributed by atoms with van der Waals surface area (Å²) in [5.74, 6) is 0.969. The van der Waals surface area contributed by atoms with Crippen LogP contribution in [-0.2, 0) is 9.53 Å². The number of morpholine rings is 1. The molecule has 7 nitrogen and oxygen atoms in total. The zero-order valence-corrected chi connectivity index (χ0v) is 18.1. The van der Waals surface area contributed by atoms with Gasteiger partial charge in [-0.15, -0.1) is 0 Å². The first-order valence-electron chi connectivity index (χ1n) is 11.1. The van der Waals surface area contributed by atoms with Crippen molar-refractivity contribution in [2.45, 2.75) is 32.2 Å². The molecule has 2 atom stereocenters. The minimum Gasteiger partial charge on any atom is -0.497 e. The fourth-order valence-electron chi connectivity index (χ4n) is 5.45. The van der Waals surface area contributed by atoms with Crippen LogP contribution in [0, 0.1) is 5.41 Å². The van der Waals surface area contributed by atoms with E-state index < -0.39 is 5.41 Å². The summed E-state index contributed by atoms with van der Waals surface area (Å²) in [6, 6.07) is 7.52. The molecule has 0 bridgehead atoms. The second-order valence-electron chi connectivity index (χ2n) is 8.52. The van der Waals surface area contributed by atoms with Gasteiger partial charge in [-0.3, -0.25) is 14.5 Å². The molecule has 0 spiro atoms. The van der Waals surface area contributed by atoms with Gasteiger partial charge in [-0.05, 0) is 50.6 Å². The summed E-state index contributed by atoms with van der Waals surface area (Å²) in [5.41, 5.74) is 0.249. The third-order valence-corrected chi connectivity index (χ3v) is 7.16. The third kappa shape index (κ3) is 3.81. The van der Waals surface area contributed by atoms with Gasteiger partial charge in [-0.1, -0.05) is 13.0 Å². The molecule has 3 heterocycles. The molecule has 1 aromatic carbocycles. The molecule has 0 unspecified atom stereocenters. The number of fused-ring (bicyclic) bond motifs is 1. The molecule has 0 saturated carbocycles. The number of carbonyl (C=O) groups is 2. The Hall–Kier alpha value is -2.12. The van der Waals surface area contributed by atoms with E-state index in [1.54, 1.807) is 13.2 Å². The number of benzene rings is 1. The molecule has 3 saturated heterocycles. The predicted octanol–water partition coefficient (Wildman–Crippen LogP) is 1.87. The van der Waals surface area contributed by atoms with E-state index >= 15 is 0 Å². The van der Waals surface area contributed by atoms with E-state index in [1.807, 2.05) is 28.0 Å². The monoisotopic (exact) mass is 415 g/mol. The van der Waals surface area contributed by atoms with E-state index in [0.717, 1.165) is 32.4 Å². The van der Waals surface area contributed by atoms with Crippen LogP contribution in [0.2, 0.25) is 0 Å². The molecule has 164 valence electrons. The number of hydrogen-bond donors (Lipinski definition) is 0. The largest absolute Gasteiger partial charge is 0.497 e. The van der Waals surface area contributed by atoms with Gasteiger partial charge in [0.15, 0.2) is 0 Å². The van der Waals surface area contributed by atoms with Crippen LogP contribution in [0.25, 0.3) is 0 Å². The van der Waals surface area contributed by atoms with Crippen LogP contribution in [-0.4, -0.2) is 92.1 Å². The van der Waals surface area contributed by atoms with Crippen molar-refractivity contribution in [3.05, 3.63) is 29.8 Å². The van der Waals surface area contributed by atoms with Gasteiger partial charge in [0, 0.05) is 37.8 Å². The fraction of sp³-hybridized carbons (Fsp3) is 0.652. The molecular formula is C23H33N3O4. The van der Waals surface area contributed by atoms with Gasteiger partial charge in [-0.25, -0.2) is 0 Å². The highest BCUT2D eigenvalue weighted by molar-refractivity contribution is 5.94. The topological polar surface area (TPSA) is 62.3 Å². The second-order valence-corrected chi connectivity index (χ2v) is 8.52. The minimum absolute atomic E-state index is 0.0193. The number of carbonyl (C=O) groups excluding carboxylic acids is 2. The Labute approximate surface area is 178 Å². The second kappa shape index (κ2) is 8.94. The first-order valence-corrected chi connectivity index (χ1v) is 11.1. The normalized spacial score (nSPS) is 27.5. The standard InChI is InChI=1S/C23H33N3O4/c1-3-24-11-8-23(22(28)26-13-15-30-16-14-26)9-12-25(10-7-20(23)24)21(27)18-5-4-6-19(17-18)29-2/h4-6,17,20H,3,7-16H2,1-2H3/t20-,23-/m1/s1. The highest BCUT2D eigenvalue weighted by Crippen LogP contribution is 2.45. The lowest BCUT2D eigenvalue weighted by Gasteiger charge is -2.40. The number of rotatable bonds is 4. The van der Waals surface area contributed by atoms with Crippen LogP contribution in [0.3, 0.4) is 0 Å². The first-order chi connectivity index (χ1) is 14.6. The van der Waals surface area contributed by atoms with E-state index in [2.05, 4.69) is 11.8 Å². The zero-order chi connectivity index (χ0) is 21.1. The van der Waals surface area contributed by atoms with E-state index in [9.17, 15) is 9.59 Å². The minimum atomic E-state index is -0.392. The number of ether oxygens (including phenoxy) is 2. The van der Waals surface area contributed by atoms with Crippen LogP contribution < -0.4 is 4.74 Å². The van der Waals surface area contributed by atoms with Crippen molar-refractivity contribution >= 4 is 11.8 Å². The van der Waals surface area contributed by atoms with Gasteiger partial charge in [0.25, 0.3) is 5.91 Å². The Morgan fingerprint density at radius 1 is 1.10 bits per heavy atom. The average Bonchev–Trinajstić information content (AvgIpc) is 3.06. The molecule has 3 aliphatic rings. The highest BCUT2D eigenvalue weighted by atomic mass is 16.5. The van der Waals surface area contributed by atoms with Crippen molar-refractivity contribution in [3.8, 4) is 5.75 Å². The Morgan fingerprint density at radius 3 is 2.60 bits per heavy atom. The predicted molar refractivity (Wildman–Crippen MR) is 114 cm³/mol. The van der Waals surface area contributed by atoms with E-state index in [-0.39, 0.29) is 17.9 Å². The van der Waals surface area contributed by atoms with E-state index in [0.29, 0.717) is 50.7 Å². The molecule has 1 aromatic rings. The maximum atomic E-state index is 13.7. The molecule has 0 N–H and O–H groups in total. The molecule has 30 heavy (non-hydrogen) atoms. The molecule has 0 aromatic heterocycles. The Balaban J connectivity index is 1.56. The van der Waals surface area contributed by atoms with Gasteiger partial charge in [-0.2, -0.15) is 0 Å². The van der Waals surface area contributed by atoms with E-state index in [4.69, 9.17) is 9.47 Å². The summed E-state index contributed by atoms with van der Waals surface area (Å²) in [6.07, 6.45) is 2.43. The van der Waals surface area contributed by atoms with Crippen molar-refractivity contribution in [3.63, 3.8) is 0 Å². The first kappa shape index (κ1) is 21.1. The quantitative estimate of drug-likeness (QED) is 0.751. The number of nitrogens with zero attached hydrogens (tertiary/aromatic N) is 3. The van der Waals surface area contributed by atoms with Crippen LogP contribution in [0.15, 0.2) is 24.3 Å². The summed E-state index contributed by atoms with van der Waals surface area (Å²) in [7, 11) is 1.61. The van der Waals surface area contributed by atoms with Crippen molar-refractivity contribution in [2.75, 3.05) is 59.6 Å². The van der Waals surface area contributed by atoms with Gasteiger partial charge < -0.3 is 19.3 Å². The van der Waals surface area contributed by atoms with Crippen LogP contribution >= 0.6 is 0 Å². The maximum absolute atomic E-state index is 13.7. The number of hydrogen-bond acceptors (Lipinski definition) is 5. The Kier molecular flexibility index (Phi) is 6.29. The summed E-state index contributed by atoms with van der Waals surface area (Å²) in [6.45, 7) is 7.93. The van der Waals surface area contributed by atoms with Crippen LogP contribution in [0.4, 0.5) is 0 Å². The van der Waals surface area contributed by atoms with Gasteiger partial charge in [0.1, 0.15) is 5.75 Å². The van der Waals surface area contributed by atoms with Gasteiger partial charge in [0.05, 0.1) is 25.7 Å². The summed E-state index contributed by atoms with van der Waals surface area (Å²) in [5, 5.41) is 0. The van der Waals surface area contributed by atoms with E-state index in [1.165, 1.54) is 0 Å². The SMILES string of the molecule is CCN1CC[C@@]2(C(=O)N3CCOCC3)CCN(C(=O)c3cccc(OC)c3)CC[C@@H]12. The molecule has 3 aliphatic heterocycles. The lowest BCUT2D eigenvalue weighted by atomic mass is 9.75. The molecular weight excluding hydrogens is 382 g/mol. The number of likely N-dealkylation sites (tertiary alicyclic amines) is 2. The van der Waals surface area contributed by atoms with Gasteiger partial charge in [0.2, 0.25) is 5.91 Å². The molecule has 0 radical (unpaired) electrons. The molecule has 7 heteroatoms. The lowest BCUT2D eigenvalue weighted by molar-refractivity contribution is -0.148. The maximum Gasteiger partial charge on any atom is 0.253 e. The summed E-state index contributed by atoms with van der Waals surface area (Å²) < 4.78 is 10.7. The smallest absolute Gasteiger partial charge is 0.253 e. The average molecular weight is 416 g/mol. The summed E-state index contributed by atoms with van der Waals surface area (Å²) >= 11 is 0. The molecule has 0 aliphatic carbocycles. The van der Waals surface area contributed by atoms with Gasteiger partial charge >= 0.3 is 0 Å². The highest BCUT2D eigenvalue weighted by Gasteiger charge is 2.54. The summed E-state index contributed by atoms with van der Waals surface area (Å²) in [4.78, 5) is 33.3. The molecule has 4 rings (SSSR count). The Morgan fingerprint density at radius 2 is 1.87 bits per heavy atom. The Bertz CT molecular complexity index is 779. The number of amides is 2. The number of methoxy groups -OCH3 is 1. The van der Waals surface area contributed by atoms with Crippen molar-refractivity contribution in [1.29, 1.82) is 0 Å². The van der Waals surface area contributed by atoms with Crippen LogP contribution in [0.5, 0.6) is 5.75 Å². The fourth-order valence-corrected chi connectivity index (χ4v) is 5.45. The molecule has 3 fully saturated rings.